The van der Waals surface area contributed by atoms with Crippen molar-refractivity contribution >= 4 is 29.5 Å². The van der Waals surface area contributed by atoms with Gasteiger partial charge in [-0.2, -0.15) is 5.10 Å². The average molecular weight is 320 g/mol. The predicted octanol–water partition coefficient (Wildman–Crippen LogP) is 2.94. The van der Waals surface area contributed by atoms with Gasteiger partial charge in [0, 0.05) is 12.6 Å². The minimum atomic E-state index is -0.521. The lowest BCUT2D eigenvalue weighted by Gasteiger charge is -1.95. The quantitative estimate of drug-likeness (QED) is 0.630. The normalized spacial score (nSPS) is 16.3. The first kappa shape index (κ1) is 14.6. The highest BCUT2D eigenvalue weighted by Gasteiger charge is 2.27. The number of aliphatic imine (C=N–C) groups is 1. The van der Waals surface area contributed by atoms with Crippen molar-refractivity contribution in [1.29, 1.82) is 0 Å². The summed E-state index contributed by atoms with van der Waals surface area (Å²) in [4.78, 5) is 16.3. The zero-order valence-corrected chi connectivity index (χ0v) is 13.4. The number of nitrogens with zero attached hydrogens (tertiary/aromatic N) is 3. The molecule has 0 atom stereocenters. The molecule has 0 unspecified atom stereocenters. The lowest BCUT2D eigenvalue weighted by Crippen LogP contribution is -2.05. The largest absolute Gasteiger partial charge is 0.466 e. The van der Waals surface area contributed by atoms with Crippen LogP contribution < -0.4 is 0 Å². The van der Waals surface area contributed by atoms with Gasteiger partial charge < -0.3 is 9.15 Å². The van der Waals surface area contributed by atoms with E-state index in [1.807, 2.05) is 13.8 Å². The Hall–Kier alpha value is -2.34. The summed E-state index contributed by atoms with van der Waals surface area (Å²) in [5.41, 5.74) is 2.22. The maximum Gasteiger partial charge on any atom is 0.363 e. The molecule has 0 saturated heterocycles. The Kier molecular flexibility index (Phi) is 3.41. The molecule has 0 spiro atoms. The van der Waals surface area contributed by atoms with Crippen LogP contribution in [0.25, 0.3) is 6.08 Å². The Labute approximate surface area is 132 Å². The van der Waals surface area contributed by atoms with Gasteiger partial charge in [-0.25, -0.2) is 9.79 Å². The minimum absolute atomic E-state index is 0.186. The number of ether oxygens (including phenoxy) is 1. The number of aromatic nitrogens is 2. The van der Waals surface area contributed by atoms with Crippen molar-refractivity contribution in [3.8, 4) is 0 Å². The standard InChI is InChI=1S/C15H14ClN3O3/c1-7-5-11(9(3)21-7)14-17-12(15(20)22-14)6-10-8(2)18-19(4)13(10)16/h5-6H,1-4H3/b12-6-. The molecule has 0 bridgehead atoms. The van der Waals surface area contributed by atoms with Gasteiger partial charge in [0.1, 0.15) is 16.7 Å². The number of hydrogen-bond acceptors (Lipinski definition) is 5. The molecule has 0 fully saturated rings. The summed E-state index contributed by atoms with van der Waals surface area (Å²) in [5, 5.41) is 4.64. The summed E-state index contributed by atoms with van der Waals surface area (Å²) in [6.07, 6.45) is 1.59. The molecule has 2 aromatic rings. The van der Waals surface area contributed by atoms with Crippen LogP contribution >= 0.6 is 11.6 Å². The van der Waals surface area contributed by atoms with Crippen molar-refractivity contribution in [2.24, 2.45) is 12.0 Å². The van der Waals surface area contributed by atoms with Gasteiger partial charge >= 0.3 is 5.97 Å². The van der Waals surface area contributed by atoms with Crippen LogP contribution in [0, 0.1) is 20.8 Å². The molecule has 1 aliphatic heterocycles. The molecule has 7 heteroatoms. The number of aryl methyl sites for hydroxylation is 4. The van der Waals surface area contributed by atoms with Crippen LogP contribution in [0.1, 0.15) is 28.3 Å². The fourth-order valence-corrected chi connectivity index (χ4v) is 2.54. The SMILES string of the molecule is Cc1cc(C2=N/C(=C\c3c(C)nn(C)c3Cl)C(=O)O2)c(C)o1. The first-order chi connectivity index (χ1) is 10.4. The average Bonchev–Trinajstić information content (AvgIpc) is 3.04. The molecule has 3 rings (SSSR count). The van der Waals surface area contributed by atoms with Crippen molar-refractivity contribution in [3.05, 3.63) is 45.3 Å². The van der Waals surface area contributed by atoms with Crippen LogP contribution in [0.15, 0.2) is 21.2 Å². The van der Waals surface area contributed by atoms with Crippen LogP contribution in [0.3, 0.4) is 0 Å². The maximum absolute atomic E-state index is 12.0. The highest BCUT2D eigenvalue weighted by Crippen LogP contribution is 2.26. The van der Waals surface area contributed by atoms with Crippen molar-refractivity contribution in [1.82, 2.24) is 9.78 Å². The maximum atomic E-state index is 12.0. The number of furan rings is 1. The third-order valence-electron chi connectivity index (χ3n) is 3.37. The second-order valence-electron chi connectivity index (χ2n) is 5.08. The van der Waals surface area contributed by atoms with E-state index in [1.165, 1.54) is 4.68 Å². The summed E-state index contributed by atoms with van der Waals surface area (Å²) < 4.78 is 12.2. The molecular weight excluding hydrogens is 306 g/mol. The van der Waals surface area contributed by atoms with E-state index in [9.17, 15) is 4.79 Å². The van der Waals surface area contributed by atoms with Gasteiger partial charge in [0.15, 0.2) is 5.70 Å². The molecule has 0 saturated carbocycles. The fourth-order valence-electron chi connectivity index (χ4n) is 2.31. The van der Waals surface area contributed by atoms with Crippen molar-refractivity contribution in [2.45, 2.75) is 20.8 Å². The number of carbonyl (C=O) groups is 1. The first-order valence-corrected chi connectivity index (χ1v) is 7.03. The van der Waals surface area contributed by atoms with Gasteiger partial charge in [0.05, 0.1) is 11.3 Å². The predicted molar refractivity (Wildman–Crippen MR) is 81.7 cm³/mol. The second-order valence-corrected chi connectivity index (χ2v) is 5.43. The zero-order valence-electron chi connectivity index (χ0n) is 12.6. The molecule has 3 heterocycles. The number of rotatable bonds is 2. The van der Waals surface area contributed by atoms with Gasteiger partial charge in [-0.1, -0.05) is 11.6 Å². The molecule has 0 radical (unpaired) electrons. The number of cyclic esters (lactones) is 1. The van der Waals surface area contributed by atoms with Crippen LogP contribution in [0.2, 0.25) is 5.15 Å². The van der Waals surface area contributed by atoms with E-state index in [2.05, 4.69) is 10.1 Å². The molecule has 114 valence electrons. The van der Waals surface area contributed by atoms with E-state index in [0.29, 0.717) is 27.7 Å². The molecule has 22 heavy (non-hydrogen) atoms. The molecule has 6 nitrogen and oxygen atoms in total. The van der Waals surface area contributed by atoms with E-state index in [4.69, 9.17) is 20.8 Å². The lowest BCUT2D eigenvalue weighted by atomic mass is 10.2. The molecule has 2 aromatic heterocycles. The highest BCUT2D eigenvalue weighted by molar-refractivity contribution is 6.31. The van der Waals surface area contributed by atoms with Crippen LogP contribution in [-0.4, -0.2) is 21.6 Å². The molecule has 0 amide bonds. The number of esters is 1. The number of hydrogen-bond donors (Lipinski definition) is 0. The van der Waals surface area contributed by atoms with Crippen molar-refractivity contribution in [2.75, 3.05) is 0 Å². The Morgan fingerprint density at radius 2 is 2.05 bits per heavy atom. The van der Waals surface area contributed by atoms with E-state index in [-0.39, 0.29) is 11.6 Å². The molecule has 0 aliphatic carbocycles. The third kappa shape index (κ3) is 2.35. The van der Waals surface area contributed by atoms with E-state index < -0.39 is 5.97 Å². The molecule has 0 aromatic carbocycles. The number of carbonyl (C=O) groups excluding carboxylic acids is 1. The third-order valence-corrected chi connectivity index (χ3v) is 3.82. The topological polar surface area (TPSA) is 69.6 Å². The van der Waals surface area contributed by atoms with Crippen molar-refractivity contribution in [3.63, 3.8) is 0 Å². The Morgan fingerprint density at radius 1 is 1.32 bits per heavy atom. The Bertz CT molecular complexity index is 843. The summed E-state index contributed by atoms with van der Waals surface area (Å²) in [7, 11) is 1.73. The van der Waals surface area contributed by atoms with E-state index in [1.54, 1.807) is 26.1 Å². The molecule has 0 N–H and O–H groups in total. The zero-order chi connectivity index (χ0) is 16.0. The van der Waals surface area contributed by atoms with Gasteiger partial charge in [-0.3, -0.25) is 4.68 Å². The van der Waals surface area contributed by atoms with Crippen molar-refractivity contribution < 1.29 is 13.9 Å². The number of halogens is 1. The Morgan fingerprint density at radius 3 is 2.59 bits per heavy atom. The monoisotopic (exact) mass is 319 g/mol. The van der Waals surface area contributed by atoms with Gasteiger partial charge in [0.2, 0.25) is 5.90 Å². The summed E-state index contributed by atoms with van der Waals surface area (Å²) in [5.74, 6) is 1.10. The highest BCUT2D eigenvalue weighted by atomic mass is 35.5. The van der Waals surface area contributed by atoms with Crippen LogP contribution in [-0.2, 0) is 16.6 Å². The summed E-state index contributed by atoms with van der Waals surface area (Å²) in [6.45, 7) is 5.43. The van der Waals surface area contributed by atoms with E-state index >= 15 is 0 Å². The second kappa shape index (κ2) is 5.14. The minimum Gasteiger partial charge on any atom is -0.466 e. The fraction of sp³-hybridized carbons (Fsp3) is 0.267. The molecular formula is C15H14ClN3O3. The summed E-state index contributed by atoms with van der Waals surface area (Å²) in [6, 6.07) is 1.78. The van der Waals surface area contributed by atoms with Gasteiger partial charge in [-0.05, 0) is 32.9 Å². The van der Waals surface area contributed by atoms with E-state index in [0.717, 1.165) is 5.76 Å². The van der Waals surface area contributed by atoms with Crippen LogP contribution in [0.4, 0.5) is 0 Å². The summed E-state index contributed by atoms with van der Waals surface area (Å²) >= 11 is 6.16. The van der Waals surface area contributed by atoms with Gasteiger partial charge in [0.25, 0.3) is 0 Å². The van der Waals surface area contributed by atoms with Gasteiger partial charge in [-0.15, -0.1) is 0 Å². The Balaban J connectivity index is 2.03. The smallest absolute Gasteiger partial charge is 0.363 e. The van der Waals surface area contributed by atoms with Crippen LogP contribution in [0.5, 0.6) is 0 Å². The first-order valence-electron chi connectivity index (χ1n) is 6.66. The molecule has 1 aliphatic rings. The lowest BCUT2D eigenvalue weighted by molar-refractivity contribution is -0.129.